The van der Waals surface area contributed by atoms with Crippen molar-refractivity contribution in [3.8, 4) is 5.75 Å². The first-order valence-corrected chi connectivity index (χ1v) is 10.0. The van der Waals surface area contributed by atoms with Gasteiger partial charge < -0.3 is 15.4 Å². The predicted molar refractivity (Wildman–Crippen MR) is 105 cm³/mol. The number of aromatic nitrogens is 1. The minimum absolute atomic E-state index is 0.0426. The first-order chi connectivity index (χ1) is 12.5. The van der Waals surface area contributed by atoms with Gasteiger partial charge in [0.1, 0.15) is 17.4 Å². The standard InChI is InChI=1S/C20H27N3O2S/c1-15-3-5-17(6-4-15)25-12-19-23-16(13-26-19)11-18(24)22-14-20(2)7-9-21-10-8-20/h3-6,13,21H,7-12,14H2,1-2H3,(H,22,24). The fourth-order valence-electron chi connectivity index (χ4n) is 3.02. The summed E-state index contributed by atoms with van der Waals surface area (Å²) in [6, 6.07) is 7.96. The molecular formula is C20H27N3O2S. The zero-order chi connectivity index (χ0) is 18.4. The summed E-state index contributed by atoms with van der Waals surface area (Å²) in [5.41, 5.74) is 2.22. The first-order valence-electron chi connectivity index (χ1n) is 9.13. The summed E-state index contributed by atoms with van der Waals surface area (Å²) in [5.74, 6) is 0.876. The van der Waals surface area contributed by atoms with Gasteiger partial charge in [-0.15, -0.1) is 11.3 Å². The lowest BCUT2D eigenvalue weighted by atomic mass is 9.81. The second-order valence-corrected chi connectivity index (χ2v) is 8.29. The Kier molecular flexibility index (Phi) is 6.27. The number of ether oxygens (including phenoxy) is 1. The molecule has 3 rings (SSSR count). The maximum absolute atomic E-state index is 12.2. The Labute approximate surface area is 159 Å². The Hall–Kier alpha value is -1.92. The van der Waals surface area contributed by atoms with Crippen LogP contribution in [-0.4, -0.2) is 30.5 Å². The monoisotopic (exact) mass is 373 g/mol. The van der Waals surface area contributed by atoms with Crippen LogP contribution in [0.3, 0.4) is 0 Å². The maximum Gasteiger partial charge on any atom is 0.226 e. The summed E-state index contributed by atoms with van der Waals surface area (Å²) in [6.07, 6.45) is 2.53. The van der Waals surface area contributed by atoms with Crippen molar-refractivity contribution in [2.24, 2.45) is 5.41 Å². The molecule has 0 radical (unpaired) electrons. The van der Waals surface area contributed by atoms with E-state index in [1.807, 2.05) is 36.6 Å². The molecule has 0 unspecified atom stereocenters. The molecule has 6 heteroatoms. The van der Waals surface area contributed by atoms with Crippen LogP contribution in [-0.2, 0) is 17.8 Å². The molecule has 2 aromatic rings. The van der Waals surface area contributed by atoms with Crippen LogP contribution in [0.1, 0.15) is 36.0 Å². The normalized spacial score (nSPS) is 16.2. The van der Waals surface area contributed by atoms with Crippen molar-refractivity contribution in [3.05, 3.63) is 45.9 Å². The third-order valence-electron chi connectivity index (χ3n) is 4.85. The summed E-state index contributed by atoms with van der Waals surface area (Å²) in [7, 11) is 0. The summed E-state index contributed by atoms with van der Waals surface area (Å²) in [5, 5.41) is 9.28. The predicted octanol–water partition coefficient (Wildman–Crippen LogP) is 3.08. The Morgan fingerprint density at radius 3 is 2.77 bits per heavy atom. The number of amides is 1. The molecule has 140 valence electrons. The molecule has 1 aromatic carbocycles. The van der Waals surface area contributed by atoms with Gasteiger partial charge in [0, 0.05) is 11.9 Å². The average Bonchev–Trinajstić information content (AvgIpc) is 3.08. The van der Waals surface area contributed by atoms with Crippen molar-refractivity contribution >= 4 is 17.2 Å². The van der Waals surface area contributed by atoms with E-state index in [1.165, 1.54) is 16.9 Å². The maximum atomic E-state index is 12.2. The SMILES string of the molecule is Cc1ccc(OCc2nc(CC(=O)NCC3(C)CCNCC3)cs2)cc1. The Morgan fingerprint density at radius 2 is 2.04 bits per heavy atom. The van der Waals surface area contributed by atoms with Crippen LogP contribution in [0.5, 0.6) is 5.75 Å². The molecular weight excluding hydrogens is 346 g/mol. The number of nitrogens with zero attached hydrogens (tertiary/aromatic N) is 1. The van der Waals surface area contributed by atoms with E-state index in [1.54, 1.807) is 0 Å². The molecule has 0 bridgehead atoms. The first kappa shape index (κ1) is 18.9. The van der Waals surface area contributed by atoms with E-state index >= 15 is 0 Å². The quantitative estimate of drug-likeness (QED) is 0.783. The van der Waals surface area contributed by atoms with E-state index in [0.717, 1.165) is 48.9 Å². The second kappa shape index (κ2) is 8.64. The fraction of sp³-hybridized carbons (Fsp3) is 0.500. The average molecular weight is 374 g/mol. The van der Waals surface area contributed by atoms with Crippen molar-refractivity contribution in [2.45, 2.75) is 39.7 Å². The van der Waals surface area contributed by atoms with Crippen molar-refractivity contribution < 1.29 is 9.53 Å². The van der Waals surface area contributed by atoms with Crippen LogP contribution >= 0.6 is 11.3 Å². The number of carbonyl (C=O) groups is 1. The largest absolute Gasteiger partial charge is 0.486 e. The highest BCUT2D eigenvalue weighted by Crippen LogP contribution is 2.26. The molecule has 1 aliphatic heterocycles. The minimum atomic E-state index is 0.0426. The molecule has 0 aliphatic carbocycles. The van der Waals surface area contributed by atoms with Gasteiger partial charge in [0.25, 0.3) is 0 Å². The van der Waals surface area contributed by atoms with Gasteiger partial charge >= 0.3 is 0 Å². The molecule has 0 saturated carbocycles. The number of carbonyl (C=O) groups excluding carboxylic acids is 1. The van der Waals surface area contributed by atoms with Crippen molar-refractivity contribution in [3.63, 3.8) is 0 Å². The third kappa shape index (κ3) is 5.54. The highest BCUT2D eigenvalue weighted by molar-refractivity contribution is 7.09. The van der Waals surface area contributed by atoms with Crippen molar-refractivity contribution in [1.82, 2.24) is 15.6 Å². The van der Waals surface area contributed by atoms with Crippen molar-refractivity contribution in [1.29, 1.82) is 0 Å². The lowest BCUT2D eigenvalue weighted by molar-refractivity contribution is -0.121. The van der Waals surface area contributed by atoms with E-state index in [4.69, 9.17) is 4.74 Å². The number of aryl methyl sites for hydroxylation is 1. The van der Waals surface area contributed by atoms with Crippen LogP contribution in [0.4, 0.5) is 0 Å². The van der Waals surface area contributed by atoms with E-state index in [0.29, 0.717) is 13.0 Å². The number of piperidine rings is 1. The summed E-state index contributed by atoms with van der Waals surface area (Å²) < 4.78 is 5.75. The molecule has 0 spiro atoms. The number of hydrogen-bond donors (Lipinski definition) is 2. The lowest BCUT2D eigenvalue weighted by Gasteiger charge is -2.34. The fourth-order valence-corrected chi connectivity index (χ4v) is 3.73. The molecule has 2 heterocycles. The van der Waals surface area contributed by atoms with E-state index in [2.05, 4.69) is 22.5 Å². The topological polar surface area (TPSA) is 63.2 Å². The van der Waals surface area contributed by atoms with Gasteiger partial charge in [-0.2, -0.15) is 0 Å². The van der Waals surface area contributed by atoms with Crippen LogP contribution in [0.2, 0.25) is 0 Å². The Morgan fingerprint density at radius 1 is 1.31 bits per heavy atom. The van der Waals surface area contributed by atoms with E-state index in [9.17, 15) is 4.79 Å². The summed E-state index contributed by atoms with van der Waals surface area (Å²) >= 11 is 1.53. The van der Waals surface area contributed by atoms with Crippen LogP contribution < -0.4 is 15.4 Å². The molecule has 1 amide bonds. The number of thiazole rings is 1. The Balaban J connectivity index is 1.43. The smallest absolute Gasteiger partial charge is 0.226 e. The molecule has 1 saturated heterocycles. The molecule has 2 N–H and O–H groups in total. The third-order valence-corrected chi connectivity index (χ3v) is 5.72. The van der Waals surface area contributed by atoms with Crippen LogP contribution in [0, 0.1) is 12.3 Å². The van der Waals surface area contributed by atoms with E-state index in [-0.39, 0.29) is 11.3 Å². The number of benzene rings is 1. The molecule has 1 aliphatic rings. The zero-order valence-corrected chi connectivity index (χ0v) is 16.3. The molecule has 1 aromatic heterocycles. The molecule has 1 fully saturated rings. The molecule has 26 heavy (non-hydrogen) atoms. The van der Waals surface area contributed by atoms with Gasteiger partial charge in [0.2, 0.25) is 5.91 Å². The van der Waals surface area contributed by atoms with Gasteiger partial charge in [-0.25, -0.2) is 4.98 Å². The second-order valence-electron chi connectivity index (χ2n) is 7.35. The highest BCUT2D eigenvalue weighted by atomic mass is 32.1. The molecule has 0 atom stereocenters. The van der Waals surface area contributed by atoms with Crippen LogP contribution in [0.15, 0.2) is 29.6 Å². The van der Waals surface area contributed by atoms with E-state index < -0.39 is 0 Å². The number of nitrogens with one attached hydrogen (secondary N) is 2. The number of hydrogen-bond acceptors (Lipinski definition) is 5. The van der Waals surface area contributed by atoms with Crippen LogP contribution in [0.25, 0.3) is 0 Å². The summed E-state index contributed by atoms with van der Waals surface area (Å²) in [6.45, 7) is 7.53. The lowest BCUT2D eigenvalue weighted by Crippen LogP contribution is -2.43. The Bertz CT molecular complexity index is 721. The van der Waals surface area contributed by atoms with Crippen molar-refractivity contribution in [2.75, 3.05) is 19.6 Å². The number of rotatable bonds is 7. The summed E-state index contributed by atoms with van der Waals surface area (Å²) in [4.78, 5) is 16.7. The van der Waals surface area contributed by atoms with Gasteiger partial charge in [0.15, 0.2) is 0 Å². The van der Waals surface area contributed by atoms with Gasteiger partial charge in [-0.05, 0) is 50.4 Å². The zero-order valence-electron chi connectivity index (χ0n) is 15.5. The minimum Gasteiger partial charge on any atom is -0.486 e. The molecule has 5 nitrogen and oxygen atoms in total. The van der Waals surface area contributed by atoms with Gasteiger partial charge in [0.05, 0.1) is 12.1 Å². The van der Waals surface area contributed by atoms with Gasteiger partial charge in [-0.3, -0.25) is 4.79 Å². The van der Waals surface area contributed by atoms with Gasteiger partial charge in [-0.1, -0.05) is 24.6 Å². The highest BCUT2D eigenvalue weighted by Gasteiger charge is 2.27.